The number of ether oxygens (including phenoxy) is 3. The summed E-state index contributed by atoms with van der Waals surface area (Å²) >= 11 is 0. The summed E-state index contributed by atoms with van der Waals surface area (Å²) in [4.78, 5) is 39.8. The quantitative estimate of drug-likeness (QED) is 0.658. The number of rotatable bonds is 7. The Hall–Kier alpha value is -3.55. The van der Waals surface area contributed by atoms with Crippen LogP contribution in [-0.2, 0) is 14.3 Å². The van der Waals surface area contributed by atoms with Crippen molar-refractivity contribution in [3.63, 3.8) is 0 Å². The van der Waals surface area contributed by atoms with E-state index in [-0.39, 0.29) is 18.6 Å². The van der Waals surface area contributed by atoms with Crippen LogP contribution in [0.2, 0.25) is 0 Å². The molecule has 2 aromatic rings. The second-order valence-corrected chi connectivity index (χ2v) is 7.59. The molecule has 2 aromatic carbocycles. The van der Waals surface area contributed by atoms with Crippen molar-refractivity contribution in [2.24, 2.45) is 5.92 Å². The number of hydrogen-bond acceptors (Lipinski definition) is 6. The van der Waals surface area contributed by atoms with Gasteiger partial charge in [-0.15, -0.1) is 0 Å². The Morgan fingerprint density at radius 3 is 2.25 bits per heavy atom. The first-order chi connectivity index (χ1) is 15.3. The molecule has 8 nitrogen and oxygen atoms in total. The summed E-state index contributed by atoms with van der Waals surface area (Å²) in [6, 6.07) is 10.0. The summed E-state index contributed by atoms with van der Waals surface area (Å²) in [5.74, 6) is -2.23. The van der Waals surface area contributed by atoms with E-state index in [9.17, 15) is 19.5 Å². The highest BCUT2D eigenvalue weighted by Gasteiger charge is 2.51. The maximum atomic E-state index is 13.6. The average molecular weight is 441 g/mol. The van der Waals surface area contributed by atoms with Gasteiger partial charge in [0.15, 0.2) is 11.5 Å². The molecule has 0 aromatic heterocycles. The van der Waals surface area contributed by atoms with Crippen LogP contribution in [0.4, 0.5) is 0 Å². The van der Waals surface area contributed by atoms with Crippen molar-refractivity contribution in [2.75, 3.05) is 20.8 Å². The lowest BCUT2D eigenvalue weighted by molar-refractivity contribution is -0.148. The molecule has 0 radical (unpaired) electrons. The average Bonchev–Trinajstić information content (AvgIpc) is 3.20. The number of methoxy groups -OCH3 is 2. The van der Waals surface area contributed by atoms with Gasteiger partial charge in [0.2, 0.25) is 0 Å². The zero-order chi connectivity index (χ0) is 23.4. The summed E-state index contributed by atoms with van der Waals surface area (Å²) < 4.78 is 15.7. The Morgan fingerprint density at radius 2 is 1.69 bits per heavy atom. The molecule has 1 N–H and O–H groups in total. The lowest BCUT2D eigenvalue weighted by atomic mass is 9.92. The molecule has 0 spiro atoms. The number of benzene rings is 2. The van der Waals surface area contributed by atoms with Gasteiger partial charge in [0, 0.05) is 5.56 Å². The molecular weight excluding hydrogens is 414 g/mol. The molecule has 0 saturated carbocycles. The van der Waals surface area contributed by atoms with Crippen LogP contribution < -0.4 is 9.47 Å². The highest BCUT2D eigenvalue weighted by molar-refractivity contribution is 5.98. The third-order valence-electron chi connectivity index (χ3n) is 5.65. The van der Waals surface area contributed by atoms with Crippen LogP contribution >= 0.6 is 0 Å². The summed E-state index contributed by atoms with van der Waals surface area (Å²) in [5.41, 5.74) is 1.91. The van der Waals surface area contributed by atoms with Crippen LogP contribution in [0, 0.1) is 12.8 Å². The van der Waals surface area contributed by atoms with E-state index >= 15 is 0 Å². The summed E-state index contributed by atoms with van der Waals surface area (Å²) in [6.07, 6.45) is -0.0360. The fraction of sp³-hybridized carbons (Fsp3) is 0.375. The molecule has 0 aliphatic carbocycles. The standard InChI is InChI=1S/C24H27NO7/c1-5-32-24(29)17-13-18(23(27)28)25(21(17)15-8-6-14(2)7-9-15)22(26)16-10-11-19(30-3)20(12-16)31-4/h6-12,17-18,21H,5,13H2,1-4H3,(H,27,28). The molecule has 3 unspecified atom stereocenters. The molecule has 1 fully saturated rings. The Morgan fingerprint density at radius 1 is 1.03 bits per heavy atom. The second-order valence-electron chi connectivity index (χ2n) is 7.59. The molecular formula is C24H27NO7. The number of amides is 1. The number of nitrogens with zero attached hydrogens (tertiary/aromatic N) is 1. The van der Waals surface area contributed by atoms with Gasteiger partial charge in [0.05, 0.1) is 32.8 Å². The molecule has 1 amide bonds. The minimum Gasteiger partial charge on any atom is -0.493 e. The number of esters is 1. The summed E-state index contributed by atoms with van der Waals surface area (Å²) in [6.45, 7) is 3.78. The molecule has 170 valence electrons. The number of aliphatic carboxylic acids is 1. The molecule has 1 aliphatic rings. The Labute approximate surface area is 186 Å². The van der Waals surface area contributed by atoms with E-state index < -0.39 is 35.8 Å². The molecule has 8 heteroatoms. The number of aryl methyl sites for hydroxylation is 1. The van der Waals surface area contributed by atoms with E-state index in [2.05, 4.69) is 0 Å². The monoisotopic (exact) mass is 441 g/mol. The van der Waals surface area contributed by atoms with Gasteiger partial charge in [-0.05, 0) is 44.0 Å². The Kier molecular flexibility index (Phi) is 7.02. The first-order valence-electron chi connectivity index (χ1n) is 10.3. The number of hydrogen-bond donors (Lipinski definition) is 1. The fourth-order valence-electron chi connectivity index (χ4n) is 4.11. The molecule has 1 saturated heterocycles. The van der Waals surface area contributed by atoms with Gasteiger partial charge >= 0.3 is 11.9 Å². The van der Waals surface area contributed by atoms with Gasteiger partial charge in [-0.2, -0.15) is 0 Å². The predicted molar refractivity (Wildman–Crippen MR) is 116 cm³/mol. The second kappa shape index (κ2) is 9.72. The molecule has 1 aliphatic heterocycles. The molecule has 32 heavy (non-hydrogen) atoms. The van der Waals surface area contributed by atoms with E-state index in [0.29, 0.717) is 17.1 Å². The highest BCUT2D eigenvalue weighted by atomic mass is 16.5. The number of carbonyl (C=O) groups is 3. The van der Waals surface area contributed by atoms with Crippen molar-refractivity contribution in [1.82, 2.24) is 4.90 Å². The van der Waals surface area contributed by atoms with Crippen molar-refractivity contribution in [1.29, 1.82) is 0 Å². The third kappa shape index (κ3) is 4.39. The van der Waals surface area contributed by atoms with E-state index in [4.69, 9.17) is 14.2 Å². The van der Waals surface area contributed by atoms with Gasteiger partial charge in [0.25, 0.3) is 5.91 Å². The van der Waals surface area contributed by atoms with Crippen molar-refractivity contribution >= 4 is 17.8 Å². The van der Waals surface area contributed by atoms with Crippen molar-refractivity contribution in [3.8, 4) is 11.5 Å². The maximum Gasteiger partial charge on any atom is 0.326 e. The van der Waals surface area contributed by atoms with Crippen molar-refractivity contribution < 1.29 is 33.7 Å². The first kappa shape index (κ1) is 23.1. The number of likely N-dealkylation sites (tertiary alicyclic amines) is 1. The molecule has 1 heterocycles. The fourth-order valence-corrected chi connectivity index (χ4v) is 4.11. The Balaban J connectivity index is 2.11. The zero-order valence-electron chi connectivity index (χ0n) is 18.5. The topological polar surface area (TPSA) is 102 Å². The first-order valence-corrected chi connectivity index (χ1v) is 10.3. The van der Waals surface area contributed by atoms with E-state index in [1.54, 1.807) is 19.1 Å². The van der Waals surface area contributed by atoms with Crippen LogP contribution in [0.5, 0.6) is 11.5 Å². The lowest BCUT2D eigenvalue weighted by Gasteiger charge is -2.30. The summed E-state index contributed by atoms with van der Waals surface area (Å²) in [7, 11) is 2.94. The maximum absolute atomic E-state index is 13.6. The minimum atomic E-state index is -1.18. The number of carbonyl (C=O) groups excluding carboxylic acids is 2. The molecule has 0 bridgehead atoms. The summed E-state index contributed by atoms with van der Waals surface area (Å²) in [5, 5.41) is 9.91. The van der Waals surface area contributed by atoms with Crippen LogP contribution in [0.1, 0.15) is 40.9 Å². The third-order valence-corrected chi connectivity index (χ3v) is 5.65. The van der Waals surface area contributed by atoms with Crippen LogP contribution in [0.25, 0.3) is 0 Å². The minimum absolute atomic E-state index is 0.0360. The predicted octanol–water partition coefficient (Wildman–Crippen LogP) is 3.23. The van der Waals surface area contributed by atoms with Gasteiger partial charge in [0.1, 0.15) is 6.04 Å². The van der Waals surface area contributed by atoms with Crippen LogP contribution in [0.3, 0.4) is 0 Å². The molecule has 3 atom stereocenters. The van der Waals surface area contributed by atoms with Gasteiger partial charge in [-0.3, -0.25) is 9.59 Å². The van der Waals surface area contributed by atoms with Gasteiger partial charge < -0.3 is 24.2 Å². The van der Waals surface area contributed by atoms with Crippen molar-refractivity contribution in [2.45, 2.75) is 32.4 Å². The van der Waals surface area contributed by atoms with Crippen LogP contribution in [-0.4, -0.2) is 54.7 Å². The highest BCUT2D eigenvalue weighted by Crippen LogP contribution is 2.43. The van der Waals surface area contributed by atoms with Crippen molar-refractivity contribution in [3.05, 3.63) is 59.2 Å². The van der Waals surface area contributed by atoms with Crippen LogP contribution in [0.15, 0.2) is 42.5 Å². The van der Waals surface area contributed by atoms with E-state index in [1.807, 2.05) is 31.2 Å². The number of carboxylic acids is 1. The normalized spacial score (nSPS) is 20.0. The van der Waals surface area contributed by atoms with Gasteiger partial charge in [-0.25, -0.2) is 4.79 Å². The van der Waals surface area contributed by atoms with E-state index in [1.165, 1.54) is 25.2 Å². The molecule has 3 rings (SSSR count). The SMILES string of the molecule is CCOC(=O)C1CC(C(=O)O)N(C(=O)c2ccc(OC)c(OC)c2)C1c1ccc(C)cc1. The Bertz CT molecular complexity index is 1000. The van der Waals surface area contributed by atoms with E-state index in [0.717, 1.165) is 5.56 Å². The smallest absolute Gasteiger partial charge is 0.326 e. The number of carboxylic acid groups (broad SMARTS) is 1. The van der Waals surface area contributed by atoms with Gasteiger partial charge in [-0.1, -0.05) is 29.8 Å². The lowest BCUT2D eigenvalue weighted by Crippen LogP contribution is -2.42. The largest absolute Gasteiger partial charge is 0.493 e. The zero-order valence-corrected chi connectivity index (χ0v) is 18.5.